The molecule has 0 aliphatic rings. The summed E-state index contributed by atoms with van der Waals surface area (Å²) >= 11 is 0. The van der Waals surface area contributed by atoms with Crippen molar-refractivity contribution in [2.24, 2.45) is 5.41 Å². The van der Waals surface area contributed by atoms with E-state index in [1.54, 1.807) is 0 Å². The third-order valence-corrected chi connectivity index (χ3v) is 7.39. The molecule has 0 unspecified atom stereocenters. The first-order chi connectivity index (χ1) is 5.88. The summed E-state index contributed by atoms with van der Waals surface area (Å²) < 4.78 is 6.11. The van der Waals surface area contributed by atoms with Gasteiger partial charge in [0.15, 0.2) is 0 Å². The van der Waals surface area contributed by atoms with Crippen LogP contribution in [-0.2, 0) is 4.43 Å². The number of rotatable bonds is 2. The van der Waals surface area contributed by atoms with Crippen molar-refractivity contribution in [3.8, 4) is 0 Å². The van der Waals surface area contributed by atoms with Crippen LogP contribution < -0.4 is 0 Å². The molecule has 0 radical (unpaired) electrons. The Labute approximate surface area is 90.7 Å². The predicted octanol–water partition coefficient (Wildman–Crippen LogP) is 4.57. The van der Waals surface area contributed by atoms with Crippen LogP contribution in [0, 0.1) is 5.41 Å². The van der Waals surface area contributed by atoms with Gasteiger partial charge in [-0.25, -0.2) is 0 Å². The maximum absolute atomic E-state index is 6.11. The molecular formula is C12H26OSi. The molecule has 2 heteroatoms. The third kappa shape index (κ3) is 3.49. The third-order valence-electron chi connectivity index (χ3n) is 3.02. The molecule has 1 nitrogen and oxygen atoms in total. The van der Waals surface area contributed by atoms with Crippen LogP contribution in [-0.4, -0.2) is 8.32 Å². The summed E-state index contributed by atoms with van der Waals surface area (Å²) in [5.74, 6) is 0.920. The Morgan fingerprint density at radius 3 is 1.57 bits per heavy atom. The molecule has 0 saturated carbocycles. The lowest BCUT2D eigenvalue weighted by molar-refractivity contribution is 0.276. The Hall–Kier alpha value is -0.243. The molecule has 0 heterocycles. The normalized spacial score (nSPS) is 14.0. The minimum absolute atomic E-state index is 0.0511. The average molecular weight is 214 g/mol. The lowest BCUT2D eigenvalue weighted by Gasteiger charge is -2.39. The molecular weight excluding hydrogens is 188 g/mol. The second kappa shape index (κ2) is 3.73. The SMILES string of the molecule is C=C(O[Si](C)(C)C(C)(C)C)C(C)(C)C. The molecule has 0 N–H and O–H groups in total. The molecule has 0 aromatic heterocycles. The van der Waals surface area contributed by atoms with E-state index in [-0.39, 0.29) is 10.5 Å². The number of allylic oxidation sites excluding steroid dienone is 1. The standard InChI is InChI=1S/C12H26OSi/c1-10(11(2,3)4)13-14(8,9)12(5,6)7/h1H2,2-9H3. The van der Waals surface area contributed by atoms with E-state index < -0.39 is 8.32 Å². The highest BCUT2D eigenvalue weighted by molar-refractivity contribution is 6.74. The summed E-state index contributed by atoms with van der Waals surface area (Å²) in [5, 5.41) is 0.251. The summed E-state index contributed by atoms with van der Waals surface area (Å²) in [6.07, 6.45) is 0. The van der Waals surface area contributed by atoms with Crippen molar-refractivity contribution in [2.75, 3.05) is 0 Å². The summed E-state index contributed by atoms with van der Waals surface area (Å²) in [4.78, 5) is 0. The zero-order valence-corrected chi connectivity index (χ0v) is 12.1. The molecule has 0 rings (SSSR count). The molecule has 84 valence electrons. The van der Waals surface area contributed by atoms with E-state index in [1.807, 2.05) is 0 Å². The first-order valence-electron chi connectivity index (χ1n) is 5.26. The van der Waals surface area contributed by atoms with Gasteiger partial charge in [0.25, 0.3) is 0 Å². The summed E-state index contributed by atoms with van der Waals surface area (Å²) in [6, 6.07) is 0. The van der Waals surface area contributed by atoms with Crippen LogP contribution in [0.1, 0.15) is 41.5 Å². The van der Waals surface area contributed by atoms with E-state index in [4.69, 9.17) is 4.43 Å². The quantitative estimate of drug-likeness (QED) is 0.483. The van der Waals surface area contributed by atoms with Crippen molar-refractivity contribution in [3.63, 3.8) is 0 Å². The predicted molar refractivity (Wildman–Crippen MR) is 66.9 cm³/mol. The van der Waals surface area contributed by atoms with Crippen molar-refractivity contribution in [1.82, 2.24) is 0 Å². The highest BCUT2D eigenvalue weighted by Gasteiger charge is 2.40. The fourth-order valence-corrected chi connectivity index (χ4v) is 1.84. The maximum Gasteiger partial charge on any atom is 0.250 e. The molecule has 0 aromatic carbocycles. The van der Waals surface area contributed by atoms with Gasteiger partial charge in [-0.1, -0.05) is 48.1 Å². The van der Waals surface area contributed by atoms with E-state index in [0.717, 1.165) is 5.76 Å². The highest BCUT2D eigenvalue weighted by atomic mass is 28.4. The molecule has 0 aliphatic heterocycles. The van der Waals surface area contributed by atoms with Crippen molar-refractivity contribution < 1.29 is 4.43 Å². The summed E-state index contributed by atoms with van der Waals surface area (Å²) in [6.45, 7) is 21.7. The van der Waals surface area contributed by atoms with E-state index in [2.05, 4.69) is 61.2 Å². The molecule has 0 bridgehead atoms. The smallest absolute Gasteiger partial charge is 0.250 e. The zero-order valence-electron chi connectivity index (χ0n) is 11.1. The maximum atomic E-state index is 6.11. The van der Waals surface area contributed by atoms with Gasteiger partial charge in [0.1, 0.15) is 0 Å². The van der Waals surface area contributed by atoms with Crippen LogP contribution in [0.5, 0.6) is 0 Å². The van der Waals surface area contributed by atoms with Gasteiger partial charge in [0.2, 0.25) is 8.32 Å². The van der Waals surface area contributed by atoms with Gasteiger partial charge in [-0.2, -0.15) is 0 Å². The largest absolute Gasteiger partial charge is 0.547 e. The van der Waals surface area contributed by atoms with Crippen LogP contribution in [0.2, 0.25) is 18.1 Å². The van der Waals surface area contributed by atoms with Crippen LogP contribution >= 0.6 is 0 Å². The van der Waals surface area contributed by atoms with Gasteiger partial charge in [0.05, 0.1) is 5.76 Å². The van der Waals surface area contributed by atoms with Crippen LogP contribution in [0.25, 0.3) is 0 Å². The van der Waals surface area contributed by atoms with E-state index in [9.17, 15) is 0 Å². The molecule has 0 atom stereocenters. The summed E-state index contributed by atoms with van der Waals surface area (Å²) in [7, 11) is -1.68. The molecule has 0 saturated heterocycles. The van der Waals surface area contributed by atoms with Crippen molar-refractivity contribution in [3.05, 3.63) is 12.3 Å². The van der Waals surface area contributed by atoms with Crippen molar-refractivity contribution in [1.29, 1.82) is 0 Å². The fraction of sp³-hybridized carbons (Fsp3) is 0.833. The molecule has 0 amide bonds. The van der Waals surface area contributed by atoms with Gasteiger partial charge < -0.3 is 4.43 Å². The molecule has 0 fully saturated rings. The van der Waals surface area contributed by atoms with Gasteiger partial charge in [-0.05, 0) is 18.1 Å². The number of hydrogen-bond donors (Lipinski definition) is 0. The Morgan fingerprint density at radius 1 is 1.00 bits per heavy atom. The van der Waals surface area contributed by atoms with Crippen molar-refractivity contribution in [2.45, 2.75) is 59.7 Å². The summed E-state index contributed by atoms with van der Waals surface area (Å²) in [5.41, 5.74) is 0.0511. The van der Waals surface area contributed by atoms with Crippen LogP contribution in [0.3, 0.4) is 0 Å². The molecule has 0 aromatic rings. The first-order valence-corrected chi connectivity index (χ1v) is 8.17. The van der Waals surface area contributed by atoms with Gasteiger partial charge in [-0.15, -0.1) is 0 Å². The van der Waals surface area contributed by atoms with E-state index in [1.165, 1.54) is 0 Å². The fourth-order valence-electron chi connectivity index (χ4n) is 0.614. The lowest BCUT2D eigenvalue weighted by atomic mass is 9.95. The Balaban J connectivity index is 4.62. The Bertz CT molecular complexity index is 215. The van der Waals surface area contributed by atoms with Gasteiger partial charge in [0, 0.05) is 5.41 Å². The number of hydrogen-bond acceptors (Lipinski definition) is 1. The van der Waals surface area contributed by atoms with Crippen LogP contribution in [0.15, 0.2) is 12.3 Å². The first kappa shape index (κ1) is 13.8. The average Bonchev–Trinajstić information content (AvgIpc) is 1.80. The van der Waals surface area contributed by atoms with E-state index >= 15 is 0 Å². The Morgan fingerprint density at radius 2 is 1.36 bits per heavy atom. The molecule has 0 spiro atoms. The molecule has 14 heavy (non-hydrogen) atoms. The van der Waals surface area contributed by atoms with Gasteiger partial charge in [-0.3, -0.25) is 0 Å². The lowest BCUT2D eigenvalue weighted by Crippen LogP contribution is -2.41. The Kier molecular flexibility index (Phi) is 3.66. The monoisotopic (exact) mass is 214 g/mol. The minimum atomic E-state index is -1.68. The minimum Gasteiger partial charge on any atom is -0.547 e. The van der Waals surface area contributed by atoms with E-state index in [0.29, 0.717) is 0 Å². The second-order valence-electron chi connectivity index (χ2n) is 6.54. The highest BCUT2D eigenvalue weighted by Crippen LogP contribution is 2.40. The van der Waals surface area contributed by atoms with Crippen molar-refractivity contribution >= 4 is 8.32 Å². The second-order valence-corrected chi connectivity index (χ2v) is 11.3. The zero-order chi connectivity index (χ0) is 11.8. The van der Waals surface area contributed by atoms with Crippen LogP contribution in [0.4, 0.5) is 0 Å². The molecule has 0 aliphatic carbocycles. The topological polar surface area (TPSA) is 9.23 Å². The van der Waals surface area contributed by atoms with Gasteiger partial charge >= 0.3 is 0 Å².